The van der Waals surface area contributed by atoms with Crippen LogP contribution in [0, 0.1) is 29.6 Å². The molecule has 0 amide bonds. The second kappa shape index (κ2) is 7.95. The lowest BCUT2D eigenvalue weighted by atomic mass is 9.89. The average Bonchev–Trinajstić information content (AvgIpc) is 2.79. The molecule has 0 bridgehead atoms. The molecule has 0 heterocycles. The highest BCUT2D eigenvalue weighted by Crippen LogP contribution is 2.37. The third-order valence-corrected chi connectivity index (χ3v) is 5.26. The summed E-state index contributed by atoms with van der Waals surface area (Å²) in [7, 11) is 0. The van der Waals surface area contributed by atoms with Crippen LogP contribution in [0.5, 0.6) is 0 Å². The maximum Gasteiger partial charge on any atom is 0.102 e. The first-order valence-electron chi connectivity index (χ1n) is 9.62. The summed E-state index contributed by atoms with van der Waals surface area (Å²) in [6, 6.07) is 32.3. The fourth-order valence-electron chi connectivity index (χ4n) is 3.61. The number of nitrogens with zero attached hydrogens (tertiary/aromatic N) is 2. The van der Waals surface area contributed by atoms with Gasteiger partial charge in [0, 0.05) is 11.1 Å². The Morgan fingerprint density at radius 1 is 0.600 bits per heavy atom. The van der Waals surface area contributed by atoms with E-state index >= 15 is 0 Å². The molecule has 0 aliphatic rings. The van der Waals surface area contributed by atoms with E-state index in [9.17, 15) is 10.5 Å². The van der Waals surface area contributed by atoms with Crippen LogP contribution in [0.2, 0.25) is 0 Å². The van der Waals surface area contributed by atoms with Crippen molar-refractivity contribution in [2.75, 3.05) is 5.73 Å². The van der Waals surface area contributed by atoms with Gasteiger partial charge in [-0.1, -0.05) is 84.4 Å². The highest BCUT2D eigenvalue weighted by molar-refractivity contribution is 5.89. The number of hydrogen-bond acceptors (Lipinski definition) is 3. The van der Waals surface area contributed by atoms with Crippen molar-refractivity contribution in [2.45, 2.75) is 6.92 Å². The van der Waals surface area contributed by atoms with E-state index in [0.29, 0.717) is 11.1 Å². The van der Waals surface area contributed by atoms with Crippen LogP contribution < -0.4 is 5.73 Å². The molecule has 30 heavy (non-hydrogen) atoms. The molecule has 0 radical (unpaired) electrons. The predicted octanol–water partition coefficient (Wildman–Crippen LogP) is 6.32. The summed E-state index contributed by atoms with van der Waals surface area (Å²) in [4.78, 5) is 0. The van der Waals surface area contributed by atoms with Crippen molar-refractivity contribution in [2.24, 2.45) is 0 Å². The highest BCUT2D eigenvalue weighted by atomic mass is 14.6. The summed E-state index contributed by atoms with van der Waals surface area (Å²) in [6.45, 7) is 2.07. The lowest BCUT2D eigenvalue weighted by molar-refractivity contribution is 1.44. The van der Waals surface area contributed by atoms with Crippen molar-refractivity contribution < 1.29 is 0 Å². The molecule has 0 unspecified atom stereocenters. The van der Waals surface area contributed by atoms with Crippen molar-refractivity contribution in [3.8, 4) is 45.5 Å². The van der Waals surface area contributed by atoms with E-state index < -0.39 is 0 Å². The van der Waals surface area contributed by atoms with Crippen LogP contribution in [0.15, 0.2) is 84.9 Å². The van der Waals surface area contributed by atoms with Crippen molar-refractivity contribution in [1.29, 1.82) is 10.5 Å². The van der Waals surface area contributed by atoms with Gasteiger partial charge >= 0.3 is 0 Å². The maximum atomic E-state index is 9.76. The van der Waals surface area contributed by atoms with Gasteiger partial charge in [-0.15, -0.1) is 0 Å². The molecule has 0 aliphatic heterocycles. The number of nitrogen functional groups attached to an aromatic ring is 1. The Labute approximate surface area is 176 Å². The van der Waals surface area contributed by atoms with Crippen LogP contribution in [-0.4, -0.2) is 0 Å². The fraction of sp³-hybridized carbons (Fsp3) is 0.0370. The molecular formula is C27H19N3. The topological polar surface area (TPSA) is 73.6 Å². The largest absolute Gasteiger partial charge is 0.397 e. The Hall–Kier alpha value is -4.34. The van der Waals surface area contributed by atoms with Gasteiger partial charge in [0.2, 0.25) is 0 Å². The van der Waals surface area contributed by atoms with Gasteiger partial charge in [-0.25, -0.2) is 0 Å². The molecule has 2 N–H and O–H groups in total. The van der Waals surface area contributed by atoms with E-state index in [1.807, 2.05) is 60.7 Å². The summed E-state index contributed by atoms with van der Waals surface area (Å²) < 4.78 is 0. The summed E-state index contributed by atoms with van der Waals surface area (Å²) in [5.74, 6) is 0. The smallest absolute Gasteiger partial charge is 0.102 e. The minimum atomic E-state index is 0.221. The average molecular weight is 385 g/mol. The number of hydrogen-bond donors (Lipinski definition) is 1. The lowest BCUT2D eigenvalue weighted by Gasteiger charge is -2.14. The third kappa shape index (κ3) is 3.41. The Morgan fingerprint density at radius 3 is 1.53 bits per heavy atom. The van der Waals surface area contributed by atoms with Crippen LogP contribution in [-0.2, 0) is 0 Å². The summed E-state index contributed by atoms with van der Waals surface area (Å²) in [5.41, 5.74) is 13.8. The van der Waals surface area contributed by atoms with Gasteiger partial charge in [0.25, 0.3) is 0 Å². The number of nitriles is 2. The van der Waals surface area contributed by atoms with Crippen LogP contribution in [0.3, 0.4) is 0 Å². The minimum Gasteiger partial charge on any atom is -0.397 e. The molecule has 0 saturated heterocycles. The summed E-state index contributed by atoms with van der Waals surface area (Å²) in [5, 5.41) is 19.4. The van der Waals surface area contributed by atoms with Crippen molar-refractivity contribution in [3.05, 3.63) is 102 Å². The normalized spacial score (nSPS) is 10.2. The Kier molecular flexibility index (Phi) is 5.04. The van der Waals surface area contributed by atoms with Crippen LogP contribution in [0.25, 0.3) is 33.4 Å². The first-order chi connectivity index (χ1) is 14.6. The molecule has 0 fully saturated rings. The molecular weight excluding hydrogens is 366 g/mol. The van der Waals surface area contributed by atoms with Gasteiger partial charge in [-0.3, -0.25) is 0 Å². The van der Waals surface area contributed by atoms with Crippen molar-refractivity contribution in [1.82, 2.24) is 0 Å². The minimum absolute atomic E-state index is 0.221. The molecule has 0 atom stereocenters. The zero-order valence-electron chi connectivity index (χ0n) is 16.6. The molecule has 0 aliphatic carbocycles. The van der Waals surface area contributed by atoms with E-state index in [1.54, 1.807) is 0 Å². The number of benzene rings is 4. The standard InChI is InChI=1S/C27H19N3/c1-18-7-9-19(10-8-18)20-11-13-22(14-12-20)24-15-23(21-5-3-2-4-6-21)25(16-28)27(30)26(24)17-29/h2-15H,30H2,1H3. The molecule has 4 rings (SSSR count). The van der Waals surface area contributed by atoms with Gasteiger partial charge in [-0.2, -0.15) is 10.5 Å². The SMILES string of the molecule is Cc1ccc(-c2ccc(-c3cc(-c4ccccc4)c(C#N)c(N)c3C#N)cc2)cc1. The van der Waals surface area contributed by atoms with Crippen molar-refractivity contribution in [3.63, 3.8) is 0 Å². The molecule has 3 nitrogen and oxygen atoms in total. The number of aryl methyl sites for hydroxylation is 1. The lowest BCUT2D eigenvalue weighted by Crippen LogP contribution is -2.00. The number of rotatable bonds is 3. The van der Waals surface area contributed by atoms with Gasteiger partial charge in [0.15, 0.2) is 0 Å². The molecule has 4 aromatic rings. The predicted molar refractivity (Wildman–Crippen MR) is 121 cm³/mol. The molecule has 0 saturated carbocycles. The Balaban J connectivity index is 1.86. The quantitative estimate of drug-likeness (QED) is 0.419. The first-order valence-corrected chi connectivity index (χ1v) is 9.62. The second-order valence-corrected chi connectivity index (χ2v) is 7.17. The monoisotopic (exact) mass is 385 g/mol. The molecule has 142 valence electrons. The zero-order chi connectivity index (χ0) is 21.1. The van der Waals surface area contributed by atoms with E-state index in [2.05, 4.69) is 43.3 Å². The zero-order valence-corrected chi connectivity index (χ0v) is 16.6. The Morgan fingerprint density at radius 2 is 1.03 bits per heavy atom. The van der Waals surface area contributed by atoms with Crippen LogP contribution in [0.4, 0.5) is 5.69 Å². The van der Waals surface area contributed by atoms with Gasteiger partial charge in [0.1, 0.15) is 12.1 Å². The van der Waals surface area contributed by atoms with Gasteiger partial charge < -0.3 is 5.73 Å². The van der Waals surface area contributed by atoms with Gasteiger partial charge in [-0.05, 0) is 35.2 Å². The summed E-state index contributed by atoms with van der Waals surface area (Å²) >= 11 is 0. The second-order valence-electron chi connectivity index (χ2n) is 7.17. The fourth-order valence-corrected chi connectivity index (χ4v) is 3.61. The highest BCUT2D eigenvalue weighted by Gasteiger charge is 2.18. The molecule has 3 heteroatoms. The summed E-state index contributed by atoms with van der Waals surface area (Å²) in [6.07, 6.45) is 0. The molecule has 0 aromatic heterocycles. The van der Waals surface area contributed by atoms with Crippen molar-refractivity contribution >= 4 is 5.69 Å². The van der Waals surface area contributed by atoms with E-state index in [1.165, 1.54) is 5.56 Å². The van der Waals surface area contributed by atoms with E-state index in [0.717, 1.165) is 33.4 Å². The number of nitrogens with two attached hydrogens (primary N) is 1. The Bertz CT molecular complexity index is 1290. The van der Waals surface area contributed by atoms with Crippen LogP contribution in [0.1, 0.15) is 16.7 Å². The van der Waals surface area contributed by atoms with E-state index in [-0.39, 0.29) is 5.69 Å². The third-order valence-electron chi connectivity index (χ3n) is 5.26. The van der Waals surface area contributed by atoms with E-state index in [4.69, 9.17) is 5.73 Å². The van der Waals surface area contributed by atoms with Crippen LogP contribution >= 0.6 is 0 Å². The molecule has 4 aromatic carbocycles. The first kappa shape index (κ1) is 19.0. The maximum absolute atomic E-state index is 9.76. The number of anilines is 1. The van der Waals surface area contributed by atoms with Gasteiger partial charge in [0.05, 0.1) is 16.8 Å². The molecule has 0 spiro atoms.